The number of epoxide rings is 1. The molecule has 12 heavy (non-hydrogen) atoms. The topological polar surface area (TPSA) is 49.8 Å². The molecule has 0 radical (unpaired) electrons. The molecule has 0 aromatic rings. The monoisotopic (exact) mass is 170 g/mol. The third kappa shape index (κ3) is 1.12. The summed E-state index contributed by atoms with van der Waals surface area (Å²) in [5.41, 5.74) is -0.763. The van der Waals surface area contributed by atoms with Crippen molar-refractivity contribution in [1.29, 1.82) is 0 Å². The fraction of sp³-hybridized carbons (Fsp3) is 0.889. The third-order valence-electron chi connectivity index (χ3n) is 3.08. The van der Waals surface area contributed by atoms with E-state index in [1.165, 1.54) is 19.3 Å². The van der Waals surface area contributed by atoms with Gasteiger partial charge in [0, 0.05) is 5.92 Å². The normalized spacial score (nSPS) is 36.3. The molecule has 1 aliphatic carbocycles. The zero-order valence-electron chi connectivity index (χ0n) is 7.08. The molecule has 0 bridgehead atoms. The van der Waals surface area contributed by atoms with Gasteiger partial charge in [-0.3, -0.25) is 0 Å². The highest BCUT2D eigenvalue weighted by molar-refractivity contribution is 5.80. The fourth-order valence-electron chi connectivity index (χ4n) is 2.18. The van der Waals surface area contributed by atoms with Crippen molar-refractivity contribution in [2.45, 2.75) is 37.7 Å². The Morgan fingerprint density at radius 1 is 1.33 bits per heavy atom. The van der Waals surface area contributed by atoms with Crippen LogP contribution >= 0.6 is 0 Å². The number of hydrogen-bond acceptors (Lipinski definition) is 2. The minimum absolute atomic E-state index is 0.281. The molecule has 0 aromatic heterocycles. The van der Waals surface area contributed by atoms with Crippen LogP contribution in [0, 0.1) is 5.92 Å². The zero-order chi connectivity index (χ0) is 8.60. The fourth-order valence-corrected chi connectivity index (χ4v) is 2.18. The number of aliphatic carboxylic acids is 1. The summed E-state index contributed by atoms with van der Waals surface area (Å²) in [7, 11) is 0. The molecule has 3 nitrogen and oxygen atoms in total. The van der Waals surface area contributed by atoms with E-state index in [4.69, 9.17) is 9.84 Å². The molecule has 2 rings (SSSR count). The predicted molar refractivity (Wildman–Crippen MR) is 42.9 cm³/mol. The Hall–Kier alpha value is -0.570. The number of rotatable bonds is 2. The lowest BCUT2D eigenvalue weighted by molar-refractivity contribution is -0.146. The Bertz CT molecular complexity index is 190. The minimum atomic E-state index is -0.763. The van der Waals surface area contributed by atoms with Gasteiger partial charge in [-0.25, -0.2) is 4.79 Å². The summed E-state index contributed by atoms with van der Waals surface area (Å²) in [4.78, 5) is 10.9. The first-order valence-corrected chi connectivity index (χ1v) is 4.63. The zero-order valence-corrected chi connectivity index (χ0v) is 7.08. The van der Waals surface area contributed by atoms with Gasteiger partial charge in [-0.1, -0.05) is 19.3 Å². The summed E-state index contributed by atoms with van der Waals surface area (Å²) >= 11 is 0. The van der Waals surface area contributed by atoms with Gasteiger partial charge in [-0.2, -0.15) is 0 Å². The molecule has 1 N–H and O–H groups in total. The van der Waals surface area contributed by atoms with Crippen LogP contribution in [0.1, 0.15) is 32.1 Å². The molecule has 1 saturated heterocycles. The quantitative estimate of drug-likeness (QED) is 0.637. The molecule has 68 valence electrons. The summed E-state index contributed by atoms with van der Waals surface area (Å²) in [5, 5.41) is 8.93. The molecule has 1 saturated carbocycles. The highest BCUT2D eigenvalue weighted by Gasteiger charge is 2.58. The minimum Gasteiger partial charge on any atom is -0.479 e. The maximum atomic E-state index is 10.9. The van der Waals surface area contributed by atoms with Crippen molar-refractivity contribution in [2.24, 2.45) is 5.92 Å². The van der Waals surface area contributed by atoms with Crippen LogP contribution in [0.25, 0.3) is 0 Å². The standard InChI is InChI=1S/C9H14O3/c10-8(11)9(6-12-9)7-4-2-1-3-5-7/h7H,1-6H2,(H,10,11). The van der Waals surface area contributed by atoms with Crippen LogP contribution in [-0.4, -0.2) is 23.3 Å². The second-order valence-electron chi connectivity index (χ2n) is 3.82. The Balaban J connectivity index is 2.02. The van der Waals surface area contributed by atoms with Gasteiger partial charge >= 0.3 is 5.97 Å². The Labute approximate surface area is 71.7 Å². The van der Waals surface area contributed by atoms with Crippen molar-refractivity contribution >= 4 is 5.97 Å². The summed E-state index contributed by atoms with van der Waals surface area (Å²) in [5.74, 6) is -0.474. The highest BCUT2D eigenvalue weighted by Crippen LogP contribution is 2.43. The van der Waals surface area contributed by atoms with Crippen molar-refractivity contribution in [3.05, 3.63) is 0 Å². The number of hydrogen-bond donors (Lipinski definition) is 1. The number of carboxylic acid groups (broad SMARTS) is 1. The smallest absolute Gasteiger partial charge is 0.338 e. The first kappa shape index (κ1) is 8.05. The molecule has 2 aliphatic rings. The predicted octanol–water partition coefficient (Wildman–Crippen LogP) is 1.42. The van der Waals surface area contributed by atoms with Gasteiger partial charge in [0.15, 0.2) is 5.60 Å². The van der Waals surface area contributed by atoms with E-state index in [1.807, 2.05) is 0 Å². The molecule has 1 atom stereocenters. The second kappa shape index (κ2) is 2.73. The maximum absolute atomic E-state index is 10.9. The van der Waals surface area contributed by atoms with E-state index in [0.717, 1.165) is 12.8 Å². The lowest BCUT2D eigenvalue weighted by atomic mass is 9.80. The summed E-state index contributed by atoms with van der Waals surface area (Å²) in [6, 6.07) is 0. The average molecular weight is 170 g/mol. The van der Waals surface area contributed by atoms with E-state index >= 15 is 0 Å². The molecular weight excluding hydrogens is 156 g/mol. The average Bonchev–Trinajstić information content (AvgIpc) is 2.86. The molecule has 0 spiro atoms. The van der Waals surface area contributed by atoms with E-state index < -0.39 is 11.6 Å². The van der Waals surface area contributed by atoms with Crippen LogP contribution in [-0.2, 0) is 9.53 Å². The summed E-state index contributed by atoms with van der Waals surface area (Å²) in [6.45, 7) is 0.438. The Kier molecular flexibility index (Phi) is 1.83. The van der Waals surface area contributed by atoms with E-state index in [0.29, 0.717) is 6.61 Å². The Morgan fingerprint density at radius 2 is 1.92 bits per heavy atom. The second-order valence-corrected chi connectivity index (χ2v) is 3.82. The van der Waals surface area contributed by atoms with Gasteiger partial charge < -0.3 is 9.84 Å². The molecule has 1 aliphatic heterocycles. The molecule has 1 unspecified atom stereocenters. The van der Waals surface area contributed by atoms with E-state index in [-0.39, 0.29) is 5.92 Å². The van der Waals surface area contributed by atoms with Crippen molar-refractivity contribution in [3.63, 3.8) is 0 Å². The molecule has 0 amide bonds. The van der Waals surface area contributed by atoms with Gasteiger partial charge in [-0.15, -0.1) is 0 Å². The summed E-state index contributed by atoms with van der Waals surface area (Å²) < 4.78 is 5.10. The van der Waals surface area contributed by atoms with Crippen LogP contribution in [0.5, 0.6) is 0 Å². The van der Waals surface area contributed by atoms with Crippen molar-refractivity contribution in [2.75, 3.05) is 6.61 Å². The SMILES string of the molecule is O=C(O)C1(C2CCCCC2)CO1. The van der Waals surface area contributed by atoms with Crippen LogP contribution in [0.3, 0.4) is 0 Å². The first-order valence-electron chi connectivity index (χ1n) is 4.63. The molecule has 2 fully saturated rings. The van der Waals surface area contributed by atoms with Crippen LogP contribution in [0.4, 0.5) is 0 Å². The first-order chi connectivity index (χ1) is 5.76. The van der Waals surface area contributed by atoms with Gasteiger partial charge in [0.25, 0.3) is 0 Å². The van der Waals surface area contributed by atoms with Gasteiger partial charge in [0.1, 0.15) is 0 Å². The van der Waals surface area contributed by atoms with Crippen molar-refractivity contribution in [3.8, 4) is 0 Å². The molecule has 1 heterocycles. The maximum Gasteiger partial charge on any atom is 0.338 e. The lowest BCUT2D eigenvalue weighted by Crippen LogP contribution is -2.34. The number of carbonyl (C=O) groups is 1. The largest absolute Gasteiger partial charge is 0.479 e. The lowest BCUT2D eigenvalue weighted by Gasteiger charge is -2.24. The highest BCUT2D eigenvalue weighted by atomic mass is 16.6. The molecule has 3 heteroatoms. The number of carboxylic acids is 1. The van der Waals surface area contributed by atoms with Gasteiger partial charge in [0.2, 0.25) is 0 Å². The molecule has 0 aromatic carbocycles. The summed E-state index contributed by atoms with van der Waals surface area (Å²) in [6.07, 6.45) is 5.66. The van der Waals surface area contributed by atoms with Crippen LogP contribution in [0.2, 0.25) is 0 Å². The number of ether oxygens (including phenoxy) is 1. The van der Waals surface area contributed by atoms with Gasteiger partial charge in [0.05, 0.1) is 6.61 Å². The molecular formula is C9H14O3. The van der Waals surface area contributed by atoms with E-state index in [9.17, 15) is 4.79 Å². The van der Waals surface area contributed by atoms with Crippen molar-refractivity contribution in [1.82, 2.24) is 0 Å². The van der Waals surface area contributed by atoms with Crippen LogP contribution < -0.4 is 0 Å². The van der Waals surface area contributed by atoms with Crippen LogP contribution in [0.15, 0.2) is 0 Å². The third-order valence-corrected chi connectivity index (χ3v) is 3.08. The Morgan fingerprint density at radius 3 is 2.33 bits per heavy atom. The van der Waals surface area contributed by atoms with Gasteiger partial charge in [-0.05, 0) is 12.8 Å². The van der Waals surface area contributed by atoms with E-state index in [1.54, 1.807) is 0 Å². The van der Waals surface area contributed by atoms with E-state index in [2.05, 4.69) is 0 Å². The van der Waals surface area contributed by atoms with Crippen molar-refractivity contribution < 1.29 is 14.6 Å².